The quantitative estimate of drug-likeness (QED) is 0.565. The number of methoxy groups -OCH3 is 1. The fourth-order valence-corrected chi connectivity index (χ4v) is 1.92. The summed E-state index contributed by atoms with van der Waals surface area (Å²) in [4.78, 5) is 10.6. The van der Waals surface area contributed by atoms with E-state index in [0.717, 1.165) is 12.8 Å². The van der Waals surface area contributed by atoms with Gasteiger partial charge in [-0.15, -0.1) is 0 Å². The van der Waals surface area contributed by atoms with Gasteiger partial charge in [0.15, 0.2) is 0 Å². The van der Waals surface area contributed by atoms with E-state index < -0.39 is 4.92 Å². The van der Waals surface area contributed by atoms with Crippen LogP contribution in [0.15, 0.2) is 18.2 Å². The monoisotopic (exact) mass is 282 g/mol. The highest BCUT2D eigenvalue weighted by molar-refractivity contribution is 5.64. The highest BCUT2D eigenvalue weighted by Crippen LogP contribution is 2.31. The third-order valence-electron chi connectivity index (χ3n) is 3.17. The van der Waals surface area contributed by atoms with Crippen LogP contribution >= 0.6 is 0 Å². The number of benzene rings is 1. The van der Waals surface area contributed by atoms with Crippen molar-refractivity contribution >= 4 is 11.4 Å². The summed E-state index contributed by atoms with van der Waals surface area (Å²) in [5, 5.41) is 23.0. The summed E-state index contributed by atoms with van der Waals surface area (Å²) >= 11 is 0. The van der Waals surface area contributed by atoms with Crippen LogP contribution in [0, 0.1) is 15.5 Å². The third-order valence-corrected chi connectivity index (χ3v) is 3.17. The molecular formula is C14H22N2O4. The van der Waals surface area contributed by atoms with E-state index in [0.29, 0.717) is 18.0 Å². The summed E-state index contributed by atoms with van der Waals surface area (Å²) in [6.07, 6.45) is 1.56. The Bertz CT molecular complexity index is 460. The second-order valence-corrected chi connectivity index (χ2v) is 5.49. The van der Waals surface area contributed by atoms with E-state index in [2.05, 4.69) is 19.2 Å². The summed E-state index contributed by atoms with van der Waals surface area (Å²) in [7, 11) is 1.52. The van der Waals surface area contributed by atoms with E-state index in [1.165, 1.54) is 13.2 Å². The van der Waals surface area contributed by atoms with Gasteiger partial charge in [-0.05, 0) is 24.3 Å². The molecule has 0 saturated heterocycles. The number of hydrogen-bond acceptors (Lipinski definition) is 5. The molecule has 0 amide bonds. The Morgan fingerprint density at radius 3 is 2.70 bits per heavy atom. The van der Waals surface area contributed by atoms with E-state index in [-0.39, 0.29) is 17.7 Å². The second-order valence-electron chi connectivity index (χ2n) is 5.49. The molecule has 0 aliphatic rings. The standard InChI is InChI=1S/C14H22N2O4/c1-14(2,7-4-8-17)10-15-12-9-11(20-3)5-6-13(12)16(18)19/h5-6,9,15,17H,4,7-8,10H2,1-3H3. The van der Waals surface area contributed by atoms with Crippen LogP contribution in [0.4, 0.5) is 11.4 Å². The van der Waals surface area contributed by atoms with Gasteiger partial charge >= 0.3 is 0 Å². The Balaban J connectivity index is 2.82. The van der Waals surface area contributed by atoms with Gasteiger partial charge < -0.3 is 15.2 Å². The molecule has 6 nitrogen and oxygen atoms in total. The smallest absolute Gasteiger partial charge is 0.292 e. The lowest BCUT2D eigenvalue weighted by molar-refractivity contribution is -0.384. The van der Waals surface area contributed by atoms with Crippen LogP contribution in [0.1, 0.15) is 26.7 Å². The van der Waals surface area contributed by atoms with Gasteiger partial charge in [0.05, 0.1) is 12.0 Å². The van der Waals surface area contributed by atoms with Crippen molar-refractivity contribution in [2.45, 2.75) is 26.7 Å². The summed E-state index contributed by atoms with van der Waals surface area (Å²) in [6.45, 7) is 4.85. The van der Waals surface area contributed by atoms with Crippen LogP contribution in [-0.2, 0) is 0 Å². The zero-order chi connectivity index (χ0) is 15.2. The average Bonchev–Trinajstić information content (AvgIpc) is 2.42. The molecule has 0 saturated carbocycles. The van der Waals surface area contributed by atoms with Crippen molar-refractivity contribution in [3.8, 4) is 5.75 Å². The van der Waals surface area contributed by atoms with Crippen molar-refractivity contribution in [2.24, 2.45) is 5.41 Å². The number of nitro groups is 1. The SMILES string of the molecule is COc1ccc([N+](=O)[O-])c(NCC(C)(C)CCCO)c1. The van der Waals surface area contributed by atoms with Gasteiger partial charge in [-0.3, -0.25) is 10.1 Å². The van der Waals surface area contributed by atoms with Gasteiger partial charge in [0, 0.05) is 25.3 Å². The van der Waals surface area contributed by atoms with Crippen molar-refractivity contribution in [3.05, 3.63) is 28.3 Å². The normalized spacial score (nSPS) is 11.2. The molecule has 112 valence electrons. The van der Waals surface area contributed by atoms with Crippen LogP contribution in [0.5, 0.6) is 5.75 Å². The van der Waals surface area contributed by atoms with Gasteiger partial charge in [-0.1, -0.05) is 13.8 Å². The van der Waals surface area contributed by atoms with Gasteiger partial charge in [0.25, 0.3) is 5.69 Å². The first kappa shape index (κ1) is 16.2. The Labute approximate surface area is 118 Å². The van der Waals surface area contributed by atoms with E-state index in [1.807, 2.05) is 0 Å². The predicted octanol–water partition coefficient (Wildman–Crippen LogP) is 2.81. The maximum atomic E-state index is 11.0. The molecule has 0 aliphatic heterocycles. The number of nitrogens with one attached hydrogen (secondary N) is 1. The number of nitro benzene ring substituents is 1. The average molecular weight is 282 g/mol. The zero-order valence-corrected chi connectivity index (χ0v) is 12.2. The molecule has 1 aromatic rings. The van der Waals surface area contributed by atoms with Crippen molar-refractivity contribution in [2.75, 3.05) is 25.6 Å². The molecule has 20 heavy (non-hydrogen) atoms. The molecule has 0 heterocycles. The lowest BCUT2D eigenvalue weighted by atomic mass is 9.88. The lowest BCUT2D eigenvalue weighted by Crippen LogP contribution is -2.23. The van der Waals surface area contributed by atoms with E-state index in [4.69, 9.17) is 9.84 Å². The van der Waals surface area contributed by atoms with Gasteiger partial charge in [-0.2, -0.15) is 0 Å². The minimum Gasteiger partial charge on any atom is -0.497 e. The highest BCUT2D eigenvalue weighted by Gasteiger charge is 2.20. The zero-order valence-electron chi connectivity index (χ0n) is 12.2. The minimum atomic E-state index is -0.414. The predicted molar refractivity (Wildman–Crippen MR) is 78.2 cm³/mol. The summed E-state index contributed by atoms with van der Waals surface area (Å²) in [5.41, 5.74) is 0.426. The molecule has 0 aliphatic carbocycles. The Morgan fingerprint density at radius 1 is 1.45 bits per heavy atom. The number of anilines is 1. The Morgan fingerprint density at radius 2 is 2.15 bits per heavy atom. The van der Waals surface area contributed by atoms with E-state index >= 15 is 0 Å². The number of nitrogens with zero attached hydrogens (tertiary/aromatic N) is 1. The van der Waals surface area contributed by atoms with Crippen molar-refractivity contribution in [1.29, 1.82) is 0 Å². The van der Waals surface area contributed by atoms with Gasteiger partial charge in [0.1, 0.15) is 11.4 Å². The fourth-order valence-electron chi connectivity index (χ4n) is 1.92. The number of aliphatic hydroxyl groups is 1. The molecule has 0 spiro atoms. The van der Waals surface area contributed by atoms with Crippen molar-refractivity contribution in [1.82, 2.24) is 0 Å². The Kier molecular flexibility index (Phi) is 5.76. The molecule has 1 rings (SSSR count). The number of rotatable bonds is 8. The first-order valence-corrected chi connectivity index (χ1v) is 6.57. The van der Waals surface area contributed by atoms with E-state index in [1.54, 1.807) is 12.1 Å². The molecule has 0 unspecified atom stereocenters. The first-order chi connectivity index (χ1) is 9.39. The molecule has 1 aromatic carbocycles. The van der Waals surface area contributed by atoms with Crippen LogP contribution in [0.3, 0.4) is 0 Å². The Hall–Kier alpha value is -1.82. The van der Waals surface area contributed by atoms with E-state index in [9.17, 15) is 10.1 Å². The third kappa shape index (κ3) is 4.70. The lowest BCUT2D eigenvalue weighted by Gasteiger charge is -2.25. The van der Waals surface area contributed by atoms with Crippen LogP contribution in [-0.4, -0.2) is 30.3 Å². The van der Waals surface area contributed by atoms with Gasteiger partial charge in [-0.25, -0.2) is 0 Å². The molecule has 0 bridgehead atoms. The summed E-state index contributed by atoms with van der Waals surface area (Å²) in [5.74, 6) is 0.575. The molecule has 0 aromatic heterocycles. The van der Waals surface area contributed by atoms with Crippen LogP contribution in [0.25, 0.3) is 0 Å². The number of hydrogen-bond donors (Lipinski definition) is 2. The van der Waals surface area contributed by atoms with Crippen LogP contribution in [0.2, 0.25) is 0 Å². The topological polar surface area (TPSA) is 84.6 Å². The second kappa shape index (κ2) is 7.09. The summed E-state index contributed by atoms with van der Waals surface area (Å²) in [6, 6.07) is 4.63. The maximum absolute atomic E-state index is 11.0. The minimum absolute atomic E-state index is 0.0313. The summed E-state index contributed by atoms with van der Waals surface area (Å²) < 4.78 is 5.09. The fraction of sp³-hybridized carbons (Fsp3) is 0.571. The number of aliphatic hydroxyl groups excluding tert-OH is 1. The van der Waals surface area contributed by atoms with Crippen molar-refractivity contribution in [3.63, 3.8) is 0 Å². The first-order valence-electron chi connectivity index (χ1n) is 6.57. The largest absolute Gasteiger partial charge is 0.497 e. The van der Waals surface area contributed by atoms with Crippen LogP contribution < -0.4 is 10.1 Å². The number of ether oxygens (including phenoxy) is 1. The molecule has 6 heteroatoms. The molecular weight excluding hydrogens is 260 g/mol. The maximum Gasteiger partial charge on any atom is 0.292 e. The molecule has 0 fully saturated rings. The highest BCUT2D eigenvalue weighted by atomic mass is 16.6. The van der Waals surface area contributed by atoms with Gasteiger partial charge in [0.2, 0.25) is 0 Å². The van der Waals surface area contributed by atoms with Crippen molar-refractivity contribution < 1.29 is 14.8 Å². The molecule has 0 atom stereocenters. The molecule has 0 radical (unpaired) electrons. The molecule has 2 N–H and O–H groups in total.